The first-order valence-corrected chi connectivity index (χ1v) is 5.90. The Bertz CT molecular complexity index is 519. The smallest absolute Gasteiger partial charge is 0.152 e. The van der Waals surface area contributed by atoms with Crippen LogP contribution in [0, 0.1) is 0 Å². The van der Waals surface area contributed by atoms with Crippen LogP contribution in [0.25, 0.3) is 10.9 Å². The average molecular weight is 282 g/mol. The third-order valence-electron chi connectivity index (χ3n) is 2.56. The van der Waals surface area contributed by atoms with Gasteiger partial charge in [-0.15, -0.1) is 0 Å². The molecule has 4 heteroatoms. The highest BCUT2D eigenvalue weighted by Gasteiger charge is 2.07. The SMILES string of the molecule is O=Cc1cn(CCCO)c2cc(Br)ccc12. The zero-order valence-electron chi connectivity index (χ0n) is 8.69. The van der Waals surface area contributed by atoms with Crippen molar-refractivity contribution in [3.05, 3.63) is 34.4 Å². The molecule has 1 aromatic heterocycles. The summed E-state index contributed by atoms with van der Waals surface area (Å²) in [5.41, 5.74) is 1.71. The number of hydrogen-bond acceptors (Lipinski definition) is 2. The normalized spacial score (nSPS) is 10.9. The molecule has 0 amide bonds. The third-order valence-corrected chi connectivity index (χ3v) is 3.05. The molecular weight excluding hydrogens is 270 g/mol. The van der Waals surface area contributed by atoms with E-state index in [2.05, 4.69) is 15.9 Å². The molecule has 2 rings (SSSR count). The highest BCUT2D eigenvalue weighted by molar-refractivity contribution is 9.10. The van der Waals surface area contributed by atoms with E-state index in [4.69, 9.17) is 5.11 Å². The first-order valence-electron chi connectivity index (χ1n) is 5.10. The van der Waals surface area contributed by atoms with E-state index in [1.165, 1.54) is 0 Å². The Kier molecular flexibility index (Phi) is 3.41. The van der Waals surface area contributed by atoms with Crippen LogP contribution >= 0.6 is 15.9 Å². The lowest BCUT2D eigenvalue weighted by Gasteiger charge is -2.03. The number of benzene rings is 1. The number of aliphatic hydroxyl groups excluding tert-OH is 1. The number of carbonyl (C=O) groups excluding carboxylic acids is 1. The van der Waals surface area contributed by atoms with Gasteiger partial charge >= 0.3 is 0 Å². The summed E-state index contributed by atoms with van der Waals surface area (Å²) < 4.78 is 2.99. The van der Waals surface area contributed by atoms with Gasteiger partial charge < -0.3 is 9.67 Å². The standard InChI is InChI=1S/C12H12BrNO2/c13-10-2-3-11-9(8-16)7-14(4-1-5-15)12(11)6-10/h2-3,6-8,15H,1,4-5H2. The predicted molar refractivity (Wildman–Crippen MR) is 66.7 cm³/mol. The highest BCUT2D eigenvalue weighted by atomic mass is 79.9. The number of halogens is 1. The Labute approximate surface area is 102 Å². The molecule has 0 saturated carbocycles. The molecule has 16 heavy (non-hydrogen) atoms. The zero-order valence-corrected chi connectivity index (χ0v) is 10.3. The van der Waals surface area contributed by atoms with Gasteiger partial charge in [0.2, 0.25) is 0 Å². The van der Waals surface area contributed by atoms with E-state index in [1.54, 1.807) is 0 Å². The summed E-state index contributed by atoms with van der Waals surface area (Å²) in [5.74, 6) is 0. The number of aldehydes is 1. The fourth-order valence-electron chi connectivity index (χ4n) is 1.81. The summed E-state index contributed by atoms with van der Waals surface area (Å²) in [5, 5.41) is 9.78. The molecule has 0 atom stereocenters. The molecule has 0 saturated heterocycles. The fourth-order valence-corrected chi connectivity index (χ4v) is 2.16. The number of rotatable bonds is 4. The van der Waals surface area contributed by atoms with Crippen LogP contribution in [-0.2, 0) is 6.54 Å². The zero-order chi connectivity index (χ0) is 11.5. The van der Waals surface area contributed by atoms with Crippen molar-refractivity contribution in [2.75, 3.05) is 6.61 Å². The van der Waals surface area contributed by atoms with E-state index in [-0.39, 0.29) is 6.61 Å². The van der Waals surface area contributed by atoms with Gasteiger partial charge in [-0.25, -0.2) is 0 Å². The van der Waals surface area contributed by atoms with Gasteiger partial charge in [-0.1, -0.05) is 22.0 Å². The van der Waals surface area contributed by atoms with Crippen LogP contribution in [0.3, 0.4) is 0 Å². The lowest BCUT2D eigenvalue weighted by atomic mass is 10.2. The maximum atomic E-state index is 10.9. The van der Waals surface area contributed by atoms with Crippen LogP contribution in [0.5, 0.6) is 0 Å². The predicted octanol–water partition coefficient (Wildman–Crippen LogP) is 2.60. The summed E-state index contributed by atoms with van der Waals surface area (Å²) in [4.78, 5) is 10.9. The molecule has 0 fully saturated rings. The second-order valence-corrected chi connectivity index (χ2v) is 4.55. The monoisotopic (exact) mass is 281 g/mol. The summed E-state index contributed by atoms with van der Waals surface area (Å²) in [6.07, 6.45) is 3.39. The van der Waals surface area contributed by atoms with Crippen molar-refractivity contribution < 1.29 is 9.90 Å². The largest absolute Gasteiger partial charge is 0.396 e. The number of hydrogen-bond donors (Lipinski definition) is 1. The Morgan fingerprint density at radius 1 is 1.44 bits per heavy atom. The Morgan fingerprint density at radius 2 is 2.25 bits per heavy atom. The van der Waals surface area contributed by atoms with E-state index in [0.29, 0.717) is 12.0 Å². The fraction of sp³-hybridized carbons (Fsp3) is 0.250. The van der Waals surface area contributed by atoms with E-state index < -0.39 is 0 Å². The molecule has 2 aromatic rings. The molecule has 0 spiro atoms. The van der Waals surface area contributed by atoms with Gasteiger partial charge in [0, 0.05) is 40.3 Å². The van der Waals surface area contributed by atoms with Crippen molar-refractivity contribution in [2.45, 2.75) is 13.0 Å². The number of aliphatic hydroxyl groups is 1. The van der Waals surface area contributed by atoms with Crippen molar-refractivity contribution in [3.8, 4) is 0 Å². The lowest BCUT2D eigenvalue weighted by Crippen LogP contribution is -1.98. The maximum Gasteiger partial charge on any atom is 0.152 e. The van der Waals surface area contributed by atoms with Gasteiger partial charge in [-0.2, -0.15) is 0 Å². The minimum atomic E-state index is 0.157. The van der Waals surface area contributed by atoms with Crippen LogP contribution in [0.1, 0.15) is 16.8 Å². The molecule has 0 aliphatic rings. The van der Waals surface area contributed by atoms with Crippen molar-refractivity contribution >= 4 is 33.1 Å². The number of aromatic nitrogens is 1. The molecule has 0 aliphatic heterocycles. The van der Waals surface area contributed by atoms with Crippen LogP contribution in [0.2, 0.25) is 0 Å². The Morgan fingerprint density at radius 3 is 2.94 bits per heavy atom. The lowest BCUT2D eigenvalue weighted by molar-refractivity contribution is 0.112. The van der Waals surface area contributed by atoms with Crippen LogP contribution < -0.4 is 0 Å². The average Bonchev–Trinajstić information content (AvgIpc) is 2.64. The number of aryl methyl sites for hydroxylation is 1. The minimum absolute atomic E-state index is 0.157. The van der Waals surface area contributed by atoms with Gasteiger partial charge in [0.1, 0.15) is 0 Å². The van der Waals surface area contributed by atoms with E-state index >= 15 is 0 Å². The highest BCUT2D eigenvalue weighted by Crippen LogP contribution is 2.24. The van der Waals surface area contributed by atoms with E-state index in [1.807, 2.05) is 29.0 Å². The van der Waals surface area contributed by atoms with Gasteiger partial charge in [-0.3, -0.25) is 4.79 Å². The molecule has 1 N–H and O–H groups in total. The molecule has 1 aromatic carbocycles. The van der Waals surface area contributed by atoms with Crippen LogP contribution in [0.15, 0.2) is 28.9 Å². The summed E-state index contributed by atoms with van der Waals surface area (Å²) >= 11 is 3.41. The maximum absolute atomic E-state index is 10.9. The van der Waals surface area contributed by atoms with E-state index in [9.17, 15) is 4.79 Å². The van der Waals surface area contributed by atoms with Crippen molar-refractivity contribution in [2.24, 2.45) is 0 Å². The summed E-state index contributed by atoms with van der Waals surface area (Å²) in [7, 11) is 0. The molecular formula is C12H12BrNO2. The molecule has 84 valence electrons. The summed E-state index contributed by atoms with van der Waals surface area (Å²) in [6.45, 7) is 0.876. The number of carbonyl (C=O) groups is 1. The van der Waals surface area contributed by atoms with Crippen molar-refractivity contribution in [3.63, 3.8) is 0 Å². The van der Waals surface area contributed by atoms with Gasteiger partial charge in [0.15, 0.2) is 6.29 Å². The number of nitrogens with zero attached hydrogens (tertiary/aromatic N) is 1. The van der Waals surface area contributed by atoms with Gasteiger partial charge in [0.25, 0.3) is 0 Å². The molecule has 0 aliphatic carbocycles. The Balaban J connectivity index is 2.55. The topological polar surface area (TPSA) is 42.2 Å². The summed E-state index contributed by atoms with van der Waals surface area (Å²) in [6, 6.07) is 5.84. The van der Waals surface area contributed by atoms with Crippen LogP contribution in [0.4, 0.5) is 0 Å². The Hall–Kier alpha value is -1.13. The molecule has 0 unspecified atom stereocenters. The molecule has 3 nitrogen and oxygen atoms in total. The van der Waals surface area contributed by atoms with E-state index in [0.717, 1.165) is 28.2 Å². The third kappa shape index (κ3) is 2.03. The van der Waals surface area contributed by atoms with Crippen molar-refractivity contribution in [1.29, 1.82) is 0 Å². The second kappa shape index (κ2) is 4.80. The van der Waals surface area contributed by atoms with Crippen molar-refractivity contribution in [1.82, 2.24) is 4.57 Å². The number of fused-ring (bicyclic) bond motifs is 1. The quantitative estimate of drug-likeness (QED) is 0.876. The molecule has 0 bridgehead atoms. The van der Waals surface area contributed by atoms with Gasteiger partial charge in [-0.05, 0) is 18.6 Å². The molecule has 0 radical (unpaired) electrons. The first kappa shape index (κ1) is 11.4. The van der Waals surface area contributed by atoms with Gasteiger partial charge in [0.05, 0.1) is 0 Å². The van der Waals surface area contributed by atoms with Crippen LogP contribution in [-0.4, -0.2) is 22.6 Å². The molecule has 1 heterocycles. The first-order chi connectivity index (χ1) is 7.76. The minimum Gasteiger partial charge on any atom is -0.396 e. The second-order valence-electron chi connectivity index (χ2n) is 3.63.